The van der Waals surface area contributed by atoms with Crippen LogP contribution in [0.5, 0.6) is 0 Å². The van der Waals surface area contributed by atoms with Crippen LogP contribution in [0.2, 0.25) is 0 Å². The largest absolute Gasteiger partial charge is 0.481 e. The highest BCUT2D eigenvalue weighted by Gasteiger charge is 2.39. The van der Waals surface area contributed by atoms with Crippen molar-refractivity contribution in [2.45, 2.75) is 99.9 Å². The minimum atomic E-state index is -1.63. The van der Waals surface area contributed by atoms with Crippen LogP contribution in [0.1, 0.15) is 64.2 Å². The van der Waals surface area contributed by atoms with Crippen molar-refractivity contribution < 1.29 is 73.1 Å². The van der Waals surface area contributed by atoms with E-state index in [1.165, 1.54) is 0 Å². The van der Waals surface area contributed by atoms with Gasteiger partial charge in [0.05, 0.1) is 24.1 Å². The number of nitrogens with zero attached hydrogens (tertiary/aromatic N) is 1. The maximum Gasteiger partial charge on any atom is 0.327 e. The van der Waals surface area contributed by atoms with E-state index in [4.69, 9.17) is 38.0 Å². The number of rotatable bonds is 28. The SMILES string of the molecule is N[C@@H](CCC(=O)CCCCCN1C(=O)CC(SC[C@H](NC(=S)N[C@@H](CCC(=O)O)OC=O)C(=O)O)C1=O)C(=O)N[C@@H](CC(=O)O)C(=O)N[C@@H](CS)C(=O)O. The molecule has 21 nitrogen and oxygen atoms in total. The molecule has 24 heteroatoms. The van der Waals surface area contributed by atoms with Crippen molar-refractivity contribution in [2.24, 2.45) is 5.73 Å². The van der Waals surface area contributed by atoms with E-state index in [1.807, 2.05) is 0 Å². The van der Waals surface area contributed by atoms with Gasteiger partial charge in [-0.2, -0.15) is 12.6 Å². The zero-order valence-electron chi connectivity index (χ0n) is 28.8. The molecule has 0 spiro atoms. The summed E-state index contributed by atoms with van der Waals surface area (Å²) in [5.74, 6) is -8.99. The summed E-state index contributed by atoms with van der Waals surface area (Å²) in [5.41, 5.74) is 5.83. The number of imide groups is 1. The maximum absolute atomic E-state index is 12.9. The number of carboxylic acid groups (broad SMARTS) is 4. The number of carbonyl (C=O) groups is 10. The average molecular weight is 825 g/mol. The number of thioether (sulfide) groups is 1. The fraction of sp³-hybridized carbons (Fsp3) is 0.633. The highest BCUT2D eigenvalue weighted by molar-refractivity contribution is 8.00. The van der Waals surface area contributed by atoms with Crippen LogP contribution in [-0.4, -0.2) is 144 Å². The maximum atomic E-state index is 12.9. The fourth-order valence-corrected chi connectivity index (χ4v) is 6.41. The second kappa shape index (κ2) is 24.7. The molecule has 54 heavy (non-hydrogen) atoms. The number of ketones is 1. The van der Waals surface area contributed by atoms with Crippen molar-refractivity contribution in [1.29, 1.82) is 0 Å². The van der Waals surface area contributed by atoms with Crippen molar-refractivity contribution in [2.75, 3.05) is 18.1 Å². The molecule has 0 aromatic heterocycles. The molecule has 1 rings (SSSR count). The van der Waals surface area contributed by atoms with Crippen LogP contribution in [0.15, 0.2) is 0 Å². The third-order valence-corrected chi connectivity index (χ3v) is 9.52. The Kier molecular flexibility index (Phi) is 21.7. The molecule has 0 aromatic rings. The number of carbonyl (C=O) groups excluding carboxylic acids is 6. The van der Waals surface area contributed by atoms with Crippen LogP contribution >= 0.6 is 36.6 Å². The highest BCUT2D eigenvalue weighted by atomic mass is 32.2. The number of ether oxygens (including phenoxy) is 1. The third kappa shape index (κ3) is 18.0. The molecule has 1 heterocycles. The summed E-state index contributed by atoms with van der Waals surface area (Å²) in [6, 6.07) is -5.66. The van der Waals surface area contributed by atoms with Gasteiger partial charge in [-0.1, -0.05) is 6.42 Å². The molecule has 0 aliphatic carbocycles. The van der Waals surface area contributed by atoms with E-state index in [0.717, 1.165) is 16.7 Å². The van der Waals surface area contributed by atoms with Crippen molar-refractivity contribution in [1.82, 2.24) is 26.2 Å². The van der Waals surface area contributed by atoms with Crippen molar-refractivity contribution in [3.05, 3.63) is 0 Å². The average Bonchev–Trinajstić information content (AvgIpc) is 3.36. The topological polar surface area (TPSA) is 338 Å². The van der Waals surface area contributed by atoms with E-state index in [1.54, 1.807) is 0 Å². The number of amides is 4. The van der Waals surface area contributed by atoms with Crippen LogP contribution in [0.3, 0.4) is 0 Å². The summed E-state index contributed by atoms with van der Waals surface area (Å²) < 4.78 is 4.72. The van der Waals surface area contributed by atoms with Crippen LogP contribution in [0.25, 0.3) is 0 Å². The molecular formula is C30H44N6O15S3. The lowest BCUT2D eigenvalue weighted by molar-refractivity contribution is -0.143. The predicted octanol–water partition coefficient (Wildman–Crippen LogP) is -2.18. The molecule has 1 saturated heterocycles. The first-order valence-corrected chi connectivity index (χ1v) is 18.5. The Morgan fingerprint density at radius 3 is 2.09 bits per heavy atom. The number of carboxylic acids is 4. The van der Waals surface area contributed by atoms with Crippen molar-refractivity contribution >= 4 is 101 Å². The number of unbranched alkanes of at least 4 members (excludes halogenated alkanes) is 2. The van der Waals surface area contributed by atoms with Gasteiger partial charge in [0.25, 0.3) is 6.47 Å². The molecule has 0 aromatic carbocycles. The minimum Gasteiger partial charge on any atom is -0.481 e. The van der Waals surface area contributed by atoms with Gasteiger partial charge in [0, 0.05) is 43.7 Å². The first kappa shape index (κ1) is 47.5. The molecule has 1 aliphatic heterocycles. The number of likely N-dealkylation sites (tertiary alicyclic amines) is 1. The third-order valence-electron chi connectivity index (χ3n) is 7.62. The van der Waals surface area contributed by atoms with Gasteiger partial charge in [-0.25, -0.2) is 9.59 Å². The van der Waals surface area contributed by atoms with Gasteiger partial charge in [0.2, 0.25) is 23.6 Å². The molecule has 4 amide bonds. The van der Waals surface area contributed by atoms with E-state index in [9.17, 15) is 53.1 Å². The molecule has 0 saturated carbocycles. The number of hydrogen-bond acceptors (Lipinski definition) is 15. The van der Waals surface area contributed by atoms with Crippen LogP contribution in [0, 0.1) is 0 Å². The summed E-state index contributed by atoms with van der Waals surface area (Å²) in [4.78, 5) is 119. The summed E-state index contributed by atoms with van der Waals surface area (Å²) in [6.07, 6.45) is -1.57. The van der Waals surface area contributed by atoms with E-state index in [2.05, 4.69) is 33.9 Å². The Hall–Kier alpha value is -4.55. The smallest absolute Gasteiger partial charge is 0.327 e. The number of nitrogens with two attached hydrogens (primary N) is 1. The lowest BCUT2D eigenvalue weighted by atomic mass is 10.0. The van der Waals surface area contributed by atoms with E-state index >= 15 is 0 Å². The molecule has 0 radical (unpaired) electrons. The quantitative estimate of drug-likeness (QED) is 0.0100. The Balaban J connectivity index is 2.49. The number of Topliss-reactive ketones (excluding diaryl/α,β-unsaturated/α-hetero) is 1. The normalized spacial score (nSPS) is 16.6. The first-order chi connectivity index (χ1) is 25.4. The lowest BCUT2D eigenvalue weighted by Gasteiger charge is -2.22. The van der Waals surface area contributed by atoms with Gasteiger partial charge in [-0.3, -0.25) is 43.3 Å². The Morgan fingerprint density at radius 1 is 0.870 bits per heavy atom. The highest BCUT2D eigenvalue weighted by Crippen LogP contribution is 2.26. The van der Waals surface area contributed by atoms with E-state index in [0.29, 0.717) is 19.3 Å². The second-order valence-corrected chi connectivity index (χ2v) is 13.8. The van der Waals surface area contributed by atoms with Gasteiger partial charge in [-0.15, -0.1) is 11.8 Å². The molecule has 0 bridgehead atoms. The van der Waals surface area contributed by atoms with Gasteiger partial charge in [0.1, 0.15) is 23.9 Å². The van der Waals surface area contributed by atoms with Gasteiger partial charge < -0.3 is 52.2 Å². The standard InChI is InChI=1S/C30H44N6O15S3/c31-16(25(44)32-17(10-24(42)43)26(45)33-18(12-52)28(47)48)6-5-15(38)4-2-1-3-9-36-22(39)11-20(27(36)46)54-13-19(29(49)50)34-30(53)35-21(51-14-37)7-8-23(40)41/h14,16-21,52H,1-13,31H2,(H,32,44)(H,33,45)(H,40,41)(H,42,43)(H,47,48)(H,49,50)(H2,34,35,53)/t16-,17-,18-,19-,20?,21+/m0/s1. The van der Waals surface area contributed by atoms with Gasteiger partial charge >= 0.3 is 23.9 Å². The van der Waals surface area contributed by atoms with Crippen LogP contribution in [-0.2, 0) is 52.7 Å². The number of aliphatic carboxylic acids is 4. The number of thiol groups is 1. The summed E-state index contributed by atoms with van der Waals surface area (Å²) >= 11 is 9.78. The lowest BCUT2D eigenvalue weighted by Crippen LogP contribution is -2.55. The van der Waals surface area contributed by atoms with Gasteiger partial charge in [-0.05, 0) is 31.5 Å². The summed E-state index contributed by atoms with van der Waals surface area (Å²) in [6.45, 7) is 0.151. The number of nitrogens with one attached hydrogen (secondary N) is 4. The molecule has 6 atom stereocenters. The van der Waals surface area contributed by atoms with Crippen molar-refractivity contribution in [3.8, 4) is 0 Å². The van der Waals surface area contributed by atoms with Crippen molar-refractivity contribution in [3.63, 3.8) is 0 Å². The minimum absolute atomic E-state index is 0.0728. The molecule has 1 aliphatic rings. The number of hydrogen-bond donors (Lipinski definition) is 10. The van der Waals surface area contributed by atoms with Gasteiger partial charge in [0.15, 0.2) is 11.3 Å². The summed E-state index contributed by atoms with van der Waals surface area (Å²) in [5, 5.41) is 44.7. The zero-order chi connectivity index (χ0) is 41.0. The Morgan fingerprint density at radius 2 is 1.52 bits per heavy atom. The number of thiocarbonyl (C=S) groups is 1. The predicted molar refractivity (Wildman–Crippen MR) is 194 cm³/mol. The molecule has 1 unspecified atom stereocenters. The van der Waals surface area contributed by atoms with E-state index in [-0.39, 0.29) is 73.9 Å². The molecular weight excluding hydrogens is 781 g/mol. The van der Waals surface area contributed by atoms with E-state index < -0.39 is 89.6 Å². The molecule has 10 N–H and O–H groups in total. The molecule has 302 valence electrons. The summed E-state index contributed by atoms with van der Waals surface area (Å²) in [7, 11) is 0. The second-order valence-electron chi connectivity index (χ2n) is 11.8. The van der Waals surface area contributed by atoms with Crippen LogP contribution < -0.4 is 27.0 Å². The van der Waals surface area contributed by atoms with Crippen LogP contribution in [0.4, 0.5) is 0 Å². The Bertz CT molecular complexity index is 1420. The first-order valence-electron chi connectivity index (χ1n) is 16.4. The Labute approximate surface area is 323 Å². The fourth-order valence-electron chi connectivity index (χ4n) is 4.71. The monoisotopic (exact) mass is 824 g/mol. The molecule has 1 fully saturated rings. The zero-order valence-corrected chi connectivity index (χ0v) is 31.3.